The quantitative estimate of drug-likeness (QED) is 0.257. The summed E-state index contributed by atoms with van der Waals surface area (Å²) in [6.45, 7) is 14.2. The molecule has 0 fully saturated rings. The smallest absolute Gasteiger partial charge is 0.343 e. The standard InChI is InChI=1S/C28H22N2O4/c1-28(2,3)26-15-20(24(16-29)30-4)13-23(33-26)9-8-19-11-21-12-22-17-32-10-6-5-7-18(22)14-25(21)34-27(19)31/h8-9,11-15H,6,10,17H2,1-3H3/b9-8+,24-20-. The Bertz CT molecular complexity index is 1480. The van der Waals surface area contributed by atoms with Crippen molar-refractivity contribution >= 4 is 17.0 Å². The van der Waals surface area contributed by atoms with Crippen LogP contribution in [0.5, 0.6) is 0 Å². The second-order valence-corrected chi connectivity index (χ2v) is 8.91. The number of fused-ring (bicyclic) bond motifs is 2. The molecule has 6 nitrogen and oxygen atoms in total. The first kappa shape index (κ1) is 22.9. The Kier molecular flexibility index (Phi) is 6.24. The molecule has 1 aromatic carbocycles. The number of hydrogen-bond donors (Lipinski definition) is 0. The topological polar surface area (TPSA) is 76.8 Å². The van der Waals surface area contributed by atoms with E-state index in [-0.39, 0.29) is 11.1 Å². The molecule has 168 valence electrons. The lowest BCUT2D eigenvalue weighted by Gasteiger charge is -2.26. The molecule has 0 atom stereocenters. The van der Waals surface area contributed by atoms with Crippen LogP contribution in [0, 0.1) is 35.2 Å². The minimum Gasteiger partial charge on any atom is -0.461 e. The average Bonchev–Trinajstić information content (AvgIpc) is 2.78. The van der Waals surface area contributed by atoms with Gasteiger partial charge in [-0.15, -0.1) is 0 Å². The molecule has 6 heteroatoms. The molecule has 2 aliphatic heterocycles. The molecule has 0 unspecified atom stereocenters. The molecule has 4 rings (SSSR count). The van der Waals surface area contributed by atoms with Crippen LogP contribution in [0.1, 0.15) is 43.9 Å². The maximum atomic E-state index is 12.6. The van der Waals surface area contributed by atoms with Crippen LogP contribution in [0.15, 0.2) is 68.4 Å². The Balaban J connectivity index is 1.73. The van der Waals surface area contributed by atoms with Gasteiger partial charge in [0.15, 0.2) is 0 Å². The number of hydrogen-bond acceptors (Lipinski definition) is 5. The molecule has 0 amide bonds. The van der Waals surface area contributed by atoms with Crippen LogP contribution in [0.2, 0.25) is 0 Å². The predicted molar refractivity (Wildman–Crippen MR) is 129 cm³/mol. The third-order valence-corrected chi connectivity index (χ3v) is 5.31. The van der Waals surface area contributed by atoms with E-state index in [2.05, 4.69) is 16.7 Å². The van der Waals surface area contributed by atoms with Crippen LogP contribution >= 0.6 is 0 Å². The van der Waals surface area contributed by atoms with E-state index in [1.165, 1.54) is 0 Å². The lowest BCUT2D eigenvalue weighted by Crippen LogP contribution is -2.15. The molecule has 0 bridgehead atoms. The first-order valence-electron chi connectivity index (χ1n) is 10.8. The van der Waals surface area contributed by atoms with Gasteiger partial charge in [0.1, 0.15) is 17.1 Å². The number of allylic oxidation sites excluding steroid dienone is 6. The molecule has 0 aliphatic carbocycles. The zero-order valence-corrected chi connectivity index (χ0v) is 19.2. The van der Waals surface area contributed by atoms with E-state index in [1.807, 2.05) is 32.9 Å². The van der Waals surface area contributed by atoms with Gasteiger partial charge < -0.3 is 13.9 Å². The Hall–Kier alpha value is -4.31. The fraction of sp³-hybridized carbons (Fsp3) is 0.250. The van der Waals surface area contributed by atoms with E-state index in [0.717, 1.165) is 16.5 Å². The van der Waals surface area contributed by atoms with Gasteiger partial charge in [0.25, 0.3) is 5.70 Å². The van der Waals surface area contributed by atoms with E-state index >= 15 is 0 Å². The summed E-state index contributed by atoms with van der Waals surface area (Å²) < 4.78 is 17.2. The maximum Gasteiger partial charge on any atom is 0.343 e. The zero-order chi connectivity index (χ0) is 24.3. The number of rotatable bonds is 2. The van der Waals surface area contributed by atoms with Gasteiger partial charge in [-0.3, -0.25) is 0 Å². The summed E-state index contributed by atoms with van der Waals surface area (Å²) in [7, 11) is 0. The van der Waals surface area contributed by atoms with Crippen molar-refractivity contribution in [1.29, 1.82) is 5.26 Å². The first-order valence-corrected chi connectivity index (χ1v) is 10.8. The van der Waals surface area contributed by atoms with E-state index in [9.17, 15) is 10.1 Å². The Morgan fingerprint density at radius 1 is 1.24 bits per heavy atom. The van der Waals surface area contributed by atoms with Crippen LogP contribution in [-0.2, 0) is 16.1 Å². The molecular weight excluding hydrogens is 428 g/mol. The van der Waals surface area contributed by atoms with Gasteiger partial charge in [-0.1, -0.05) is 32.6 Å². The minimum absolute atomic E-state index is 0.0250. The van der Waals surface area contributed by atoms with Crippen LogP contribution in [0.25, 0.3) is 21.9 Å². The normalized spacial score (nSPS) is 17.1. The summed E-state index contributed by atoms with van der Waals surface area (Å²) in [5.74, 6) is 7.20. The molecule has 1 aromatic heterocycles. The zero-order valence-electron chi connectivity index (χ0n) is 19.2. The Morgan fingerprint density at radius 3 is 2.79 bits per heavy atom. The molecule has 2 aromatic rings. The van der Waals surface area contributed by atoms with Crippen molar-refractivity contribution < 1.29 is 13.9 Å². The van der Waals surface area contributed by atoms with Crippen molar-refractivity contribution in [2.75, 3.05) is 6.61 Å². The van der Waals surface area contributed by atoms with Gasteiger partial charge in [0, 0.05) is 22.8 Å². The highest BCUT2D eigenvalue weighted by molar-refractivity contribution is 5.81. The van der Waals surface area contributed by atoms with E-state index in [4.69, 9.17) is 20.5 Å². The fourth-order valence-corrected chi connectivity index (χ4v) is 3.48. The molecule has 2 aliphatic rings. The minimum atomic E-state index is -0.489. The third kappa shape index (κ3) is 4.86. The monoisotopic (exact) mass is 450 g/mol. The highest BCUT2D eigenvalue weighted by Crippen LogP contribution is 2.34. The first-order chi connectivity index (χ1) is 16.3. The Labute approximate surface area is 197 Å². The molecule has 0 radical (unpaired) electrons. The number of nitriles is 1. The van der Waals surface area contributed by atoms with Crippen molar-refractivity contribution in [3.63, 3.8) is 0 Å². The van der Waals surface area contributed by atoms with E-state index in [1.54, 1.807) is 36.4 Å². The van der Waals surface area contributed by atoms with Crippen LogP contribution < -0.4 is 5.63 Å². The van der Waals surface area contributed by atoms with Gasteiger partial charge in [0.2, 0.25) is 0 Å². The SMILES string of the molecule is [C-]#[N+]/C(C#N)=C1C=C(/C=C/c2cc3cc4c(cc3oc2=O)C#CCCOC4)OC(C(C)(C)C)=C/1. The molecular formula is C28H22N2O4. The summed E-state index contributed by atoms with van der Waals surface area (Å²) in [4.78, 5) is 16.0. The van der Waals surface area contributed by atoms with Crippen LogP contribution in [0.3, 0.4) is 0 Å². The van der Waals surface area contributed by atoms with Gasteiger partial charge in [-0.25, -0.2) is 14.9 Å². The second kappa shape index (κ2) is 9.28. The van der Waals surface area contributed by atoms with Crippen molar-refractivity contribution in [3.8, 4) is 17.9 Å². The summed E-state index contributed by atoms with van der Waals surface area (Å²) >= 11 is 0. The van der Waals surface area contributed by atoms with Gasteiger partial charge in [-0.05, 0) is 53.6 Å². The average molecular weight is 450 g/mol. The lowest BCUT2D eigenvalue weighted by molar-refractivity contribution is 0.126. The fourth-order valence-electron chi connectivity index (χ4n) is 3.48. The summed E-state index contributed by atoms with van der Waals surface area (Å²) in [5, 5.41) is 10.1. The number of benzene rings is 1. The molecule has 0 N–H and O–H groups in total. The summed E-state index contributed by atoms with van der Waals surface area (Å²) in [5.41, 5.74) is 2.16. The van der Waals surface area contributed by atoms with E-state index < -0.39 is 5.63 Å². The molecule has 0 saturated heterocycles. The second-order valence-electron chi connectivity index (χ2n) is 8.91. The van der Waals surface area contributed by atoms with Crippen molar-refractivity contribution in [1.82, 2.24) is 0 Å². The Morgan fingerprint density at radius 2 is 2.06 bits per heavy atom. The molecule has 34 heavy (non-hydrogen) atoms. The third-order valence-electron chi connectivity index (χ3n) is 5.31. The van der Waals surface area contributed by atoms with Crippen molar-refractivity contribution in [2.24, 2.45) is 5.41 Å². The summed E-state index contributed by atoms with van der Waals surface area (Å²) in [6, 6.07) is 7.38. The maximum absolute atomic E-state index is 12.6. The highest BCUT2D eigenvalue weighted by Gasteiger charge is 2.24. The van der Waals surface area contributed by atoms with Gasteiger partial charge in [-0.2, -0.15) is 0 Å². The van der Waals surface area contributed by atoms with Crippen molar-refractivity contribution in [3.05, 3.63) is 97.7 Å². The van der Waals surface area contributed by atoms with E-state index in [0.29, 0.717) is 47.9 Å². The van der Waals surface area contributed by atoms with Gasteiger partial charge >= 0.3 is 5.63 Å². The summed E-state index contributed by atoms with van der Waals surface area (Å²) in [6.07, 6.45) is 7.23. The molecule has 3 heterocycles. The lowest BCUT2D eigenvalue weighted by atomic mass is 9.91. The van der Waals surface area contributed by atoms with Crippen molar-refractivity contribution in [2.45, 2.75) is 33.8 Å². The largest absolute Gasteiger partial charge is 0.461 e. The molecule has 0 spiro atoms. The van der Waals surface area contributed by atoms with Gasteiger partial charge in [0.05, 0.1) is 31.4 Å². The van der Waals surface area contributed by atoms with Crippen LogP contribution in [-0.4, -0.2) is 6.61 Å². The highest BCUT2D eigenvalue weighted by atomic mass is 16.5. The number of nitrogens with zero attached hydrogens (tertiary/aromatic N) is 2. The predicted octanol–water partition coefficient (Wildman–Crippen LogP) is 5.62. The molecule has 0 saturated carbocycles. The number of ether oxygens (including phenoxy) is 2. The van der Waals surface area contributed by atoms with Crippen LogP contribution in [0.4, 0.5) is 0 Å².